The molecule has 1 N–H and O–H groups in total. The fourth-order valence-electron chi connectivity index (χ4n) is 2.15. The fourth-order valence-corrected chi connectivity index (χ4v) is 2.15. The second-order valence-corrected chi connectivity index (χ2v) is 5.20. The third-order valence-electron chi connectivity index (χ3n) is 3.49. The summed E-state index contributed by atoms with van der Waals surface area (Å²) in [6.45, 7) is 0. The number of carbonyl (C=O) groups excluding carboxylic acids is 2. The average molecular weight is 297 g/mol. The molecule has 0 aromatic heterocycles. The maximum Gasteiger partial charge on any atom is 0.328 e. The molecule has 0 unspecified atom stereocenters. The summed E-state index contributed by atoms with van der Waals surface area (Å²) in [7, 11) is 1.24. The number of esters is 1. The van der Waals surface area contributed by atoms with E-state index in [0.717, 1.165) is 25.0 Å². The van der Waals surface area contributed by atoms with Gasteiger partial charge in [-0.25, -0.2) is 13.6 Å². The Morgan fingerprint density at radius 1 is 1.33 bits per heavy atom. The first-order chi connectivity index (χ1) is 10.0. The summed E-state index contributed by atoms with van der Waals surface area (Å²) >= 11 is 0. The Morgan fingerprint density at radius 3 is 2.48 bits per heavy atom. The quantitative estimate of drug-likeness (QED) is 0.817. The van der Waals surface area contributed by atoms with Crippen LogP contribution in [0.3, 0.4) is 0 Å². The zero-order chi connectivity index (χ0) is 15.4. The lowest BCUT2D eigenvalue weighted by molar-refractivity contribution is -0.145. The Kier molecular flexibility index (Phi) is 4.88. The van der Waals surface area contributed by atoms with Crippen molar-refractivity contribution in [2.45, 2.75) is 31.7 Å². The monoisotopic (exact) mass is 297 g/mol. The predicted octanol–water partition coefficient (Wildman–Crippen LogP) is 1.97. The van der Waals surface area contributed by atoms with Gasteiger partial charge in [0, 0.05) is 5.56 Å². The number of halogens is 2. The smallest absolute Gasteiger partial charge is 0.328 e. The third-order valence-corrected chi connectivity index (χ3v) is 3.49. The van der Waals surface area contributed by atoms with Gasteiger partial charge in [0.1, 0.15) is 17.7 Å². The van der Waals surface area contributed by atoms with Gasteiger partial charge in [0.05, 0.1) is 13.5 Å². The summed E-state index contributed by atoms with van der Waals surface area (Å²) in [6.07, 6.45) is 2.09. The summed E-state index contributed by atoms with van der Waals surface area (Å²) in [5.41, 5.74) is -0.301. The molecule has 0 bridgehead atoms. The molecule has 4 nitrogen and oxygen atoms in total. The van der Waals surface area contributed by atoms with Gasteiger partial charge in [0.2, 0.25) is 5.91 Å². The second-order valence-electron chi connectivity index (χ2n) is 5.20. The molecule has 114 valence electrons. The molecule has 6 heteroatoms. The number of ether oxygens (including phenoxy) is 1. The van der Waals surface area contributed by atoms with Crippen LogP contribution in [0.1, 0.15) is 24.8 Å². The average Bonchev–Trinajstić information content (AvgIpc) is 3.25. The van der Waals surface area contributed by atoms with E-state index in [9.17, 15) is 18.4 Å². The van der Waals surface area contributed by atoms with E-state index in [1.807, 2.05) is 0 Å². The van der Waals surface area contributed by atoms with Gasteiger partial charge in [-0.2, -0.15) is 0 Å². The second kappa shape index (κ2) is 6.65. The highest BCUT2D eigenvalue weighted by atomic mass is 19.1. The van der Waals surface area contributed by atoms with E-state index in [-0.39, 0.29) is 5.56 Å². The normalized spacial score (nSPS) is 15.4. The van der Waals surface area contributed by atoms with E-state index < -0.39 is 36.0 Å². The van der Waals surface area contributed by atoms with Crippen molar-refractivity contribution in [1.29, 1.82) is 0 Å². The van der Waals surface area contributed by atoms with Crippen molar-refractivity contribution in [3.05, 3.63) is 35.4 Å². The van der Waals surface area contributed by atoms with Gasteiger partial charge < -0.3 is 10.1 Å². The van der Waals surface area contributed by atoms with Gasteiger partial charge in [-0.1, -0.05) is 18.9 Å². The molecule has 0 radical (unpaired) electrons. The van der Waals surface area contributed by atoms with Crippen molar-refractivity contribution in [2.24, 2.45) is 5.92 Å². The molecule has 1 saturated carbocycles. The molecule has 0 saturated heterocycles. The summed E-state index contributed by atoms with van der Waals surface area (Å²) in [5, 5.41) is 2.50. The van der Waals surface area contributed by atoms with Crippen LogP contribution in [0.25, 0.3) is 0 Å². The highest BCUT2D eigenvalue weighted by Gasteiger charge is 2.31. The first-order valence-corrected chi connectivity index (χ1v) is 6.81. The lowest BCUT2D eigenvalue weighted by Gasteiger charge is -2.16. The Balaban J connectivity index is 1.99. The number of rotatable bonds is 6. The lowest BCUT2D eigenvalue weighted by Crippen LogP contribution is -2.42. The summed E-state index contributed by atoms with van der Waals surface area (Å²) in [6, 6.07) is 2.66. The Morgan fingerprint density at radius 2 is 1.95 bits per heavy atom. The van der Waals surface area contributed by atoms with Gasteiger partial charge in [-0.3, -0.25) is 4.79 Å². The molecule has 1 aromatic carbocycles. The zero-order valence-electron chi connectivity index (χ0n) is 11.7. The topological polar surface area (TPSA) is 55.4 Å². The largest absolute Gasteiger partial charge is 0.467 e. The van der Waals surface area contributed by atoms with E-state index in [1.54, 1.807) is 0 Å². The third kappa shape index (κ3) is 4.24. The highest BCUT2D eigenvalue weighted by molar-refractivity contribution is 5.85. The molecular weight excluding hydrogens is 280 g/mol. The number of amides is 1. The van der Waals surface area contributed by atoms with E-state index in [2.05, 4.69) is 10.1 Å². The first kappa shape index (κ1) is 15.4. The molecule has 0 heterocycles. The molecule has 1 atom stereocenters. The fraction of sp³-hybridized carbons (Fsp3) is 0.467. The maximum absolute atomic E-state index is 13.5. The van der Waals surface area contributed by atoms with Crippen LogP contribution in [-0.4, -0.2) is 25.0 Å². The first-order valence-electron chi connectivity index (χ1n) is 6.81. The van der Waals surface area contributed by atoms with Crippen LogP contribution in [0.2, 0.25) is 0 Å². The minimum atomic E-state index is -0.776. The van der Waals surface area contributed by atoms with Crippen LogP contribution in [0, 0.1) is 17.6 Å². The number of methoxy groups -OCH3 is 1. The standard InChI is InChI=1S/C15H17F2NO3/c1-21-15(20)13(7-9-5-6-9)18-14(19)8-10-11(16)3-2-4-12(10)17/h2-4,9,13H,5-8H2,1H3,(H,18,19)/t13-/m0/s1. The van der Waals surface area contributed by atoms with Crippen LogP contribution < -0.4 is 5.32 Å². The molecule has 1 fully saturated rings. The van der Waals surface area contributed by atoms with Crippen LogP contribution in [0.5, 0.6) is 0 Å². The van der Waals surface area contributed by atoms with E-state index in [1.165, 1.54) is 13.2 Å². The van der Waals surface area contributed by atoms with Gasteiger partial charge >= 0.3 is 5.97 Å². The Labute approximate surface area is 121 Å². The van der Waals surface area contributed by atoms with Gasteiger partial charge in [0.15, 0.2) is 0 Å². The SMILES string of the molecule is COC(=O)[C@H](CC1CC1)NC(=O)Cc1c(F)cccc1F. The van der Waals surface area contributed by atoms with E-state index in [4.69, 9.17) is 0 Å². The van der Waals surface area contributed by atoms with Crippen LogP contribution >= 0.6 is 0 Å². The van der Waals surface area contributed by atoms with E-state index >= 15 is 0 Å². The maximum atomic E-state index is 13.5. The molecular formula is C15H17F2NO3. The van der Waals surface area contributed by atoms with Crippen molar-refractivity contribution >= 4 is 11.9 Å². The van der Waals surface area contributed by atoms with Crippen molar-refractivity contribution < 1.29 is 23.1 Å². The van der Waals surface area contributed by atoms with Crippen molar-refractivity contribution in [2.75, 3.05) is 7.11 Å². The number of hydrogen-bond donors (Lipinski definition) is 1. The Bertz CT molecular complexity index is 523. The van der Waals surface area contributed by atoms with Crippen LogP contribution in [-0.2, 0) is 20.7 Å². The summed E-state index contributed by atoms with van der Waals surface area (Å²) in [5.74, 6) is -2.29. The number of carbonyl (C=O) groups is 2. The molecule has 0 spiro atoms. The molecule has 21 heavy (non-hydrogen) atoms. The van der Waals surface area contributed by atoms with Crippen molar-refractivity contribution in [1.82, 2.24) is 5.32 Å². The zero-order valence-corrected chi connectivity index (χ0v) is 11.7. The van der Waals surface area contributed by atoms with Crippen molar-refractivity contribution in [3.63, 3.8) is 0 Å². The number of hydrogen-bond acceptors (Lipinski definition) is 3. The van der Waals surface area contributed by atoms with Gasteiger partial charge in [-0.15, -0.1) is 0 Å². The lowest BCUT2D eigenvalue weighted by atomic mass is 10.1. The molecule has 0 aliphatic heterocycles. The molecule has 1 aromatic rings. The number of benzene rings is 1. The predicted molar refractivity (Wildman–Crippen MR) is 71.3 cm³/mol. The molecule has 2 rings (SSSR count). The molecule has 1 amide bonds. The molecule has 1 aliphatic carbocycles. The Hall–Kier alpha value is -1.98. The van der Waals surface area contributed by atoms with Crippen molar-refractivity contribution in [3.8, 4) is 0 Å². The highest BCUT2D eigenvalue weighted by Crippen LogP contribution is 2.33. The summed E-state index contributed by atoms with van der Waals surface area (Å²) in [4.78, 5) is 23.5. The molecule has 1 aliphatic rings. The minimum absolute atomic E-state index is 0.301. The van der Waals surface area contributed by atoms with Gasteiger partial charge in [-0.05, 0) is 24.5 Å². The number of nitrogens with one attached hydrogen (secondary N) is 1. The van der Waals surface area contributed by atoms with E-state index in [0.29, 0.717) is 12.3 Å². The minimum Gasteiger partial charge on any atom is -0.467 e. The van der Waals surface area contributed by atoms with Crippen LogP contribution in [0.4, 0.5) is 8.78 Å². The van der Waals surface area contributed by atoms with Crippen LogP contribution in [0.15, 0.2) is 18.2 Å². The summed E-state index contributed by atoms with van der Waals surface area (Å²) < 4.78 is 31.6. The van der Waals surface area contributed by atoms with Gasteiger partial charge in [0.25, 0.3) is 0 Å².